The van der Waals surface area contributed by atoms with Gasteiger partial charge in [0.25, 0.3) is 17.7 Å². The maximum absolute atomic E-state index is 13.0. The van der Waals surface area contributed by atoms with Crippen LogP contribution in [0.3, 0.4) is 0 Å². The van der Waals surface area contributed by atoms with Gasteiger partial charge in [-0.05, 0) is 36.4 Å². The molecule has 0 unspecified atom stereocenters. The van der Waals surface area contributed by atoms with E-state index in [2.05, 4.69) is 15.6 Å². The molecule has 0 atom stereocenters. The number of benzene rings is 3. The van der Waals surface area contributed by atoms with Crippen LogP contribution in [0.25, 0.3) is 11.3 Å². The topological polar surface area (TPSA) is 91.4 Å². The third kappa shape index (κ3) is 4.97. The van der Waals surface area contributed by atoms with Crippen molar-refractivity contribution in [3.63, 3.8) is 0 Å². The average molecular weight is 570 g/mol. The third-order valence-electron chi connectivity index (χ3n) is 5.41. The van der Waals surface area contributed by atoms with Gasteiger partial charge in [-0.3, -0.25) is 19.7 Å². The van der Waals surface area contributed by atoms with Gasteiger partial charge in [-0.1, -0.05) is 71.2 Å². The molecule has 2 N–H and O–H groups in total. The number of imide groups is 1. The van der Waals surface area contributed by atoms with Gasteiger partial charge in [0.05, 0.1) is 21.4 Å². The van der Waals surface area contributed by atoms with Crippen molar-refractivity contribution in [2.75, 3.05) is 15.5 Å². The molecule has 0 radical (unpaired) electrons. The summed E-state index contributed by atoms with van der Waals surface area (Å²) in [6, 6.07) is 20.6. The van der Waals surface area contributed by atoms with E-state index in [1.165, 1.54) is 17.4 Å². The highest BCUT2D eigenvalue weighted by Gasteiger charge is 2.40. The predicted molar refractivity (Wildman–Crippen MR) is 147 cm³/mol. The first-order chi connectivity index (χ1) is 17.8. The van der Waals surface area contributed by atoms with E-state index in [1.54, 1.807) is 36.4 Å². The minimum absolute atomic E-state index is 0.0584. The lowest BCUT2D eigenvalue weighted by Gasteiger charge is -2.17. The molecule has 11 heteroatoms. The predicted octanol–water partition coefficient (Wildman–Crippen LogP) is 6.80. The Morgan fingerprint density at radius 1 is 0.865 bits per heavy atom. The molecule has 3 aromatic carbocycles. The number of carbonyl (C=O) groups excluding carboxylic acids is 3. The van der Waals surface area contributed by atoms with Crippen LogP contribution in [-0.2, 0) is 9.59 Å². The molecule has 1 aliphatic rings. The number of amides is 3. The van der Waals surface area contributed by atoms with E-state index in [9.17, 15) is 14.4 Å². The summed E-state index contributed by atoms with van der Waals surface area (Å²) < 4.78 is 0. The van der Waals surface area contributed by atoms with Crippen molar-refractivity contribution in [2.45, 2.75) is 0 Å². The number of hydrogen-bond donors (Lipinski definition) is 2. The van der Waals surface area contributed by atoms with Crippen LogP contribution in [0.15, 0.2) is 88.9 Å². The molecule has 2 heterocycles. The SMILES string of the molecule is O=C(Nc1nc(-c2ccccc2)cs1)c1ccc(NC2=C(Cl)C(=O)N(c3cccc(Cl)c3Cl)C2=O)cc1. The Hall–Kier alpha value is -3.69. The van der Waals surface area contributed by atoms with Gasteiger partial charge in [-0.2, -0.15) is 0 Å². The van der Waals surface area contributed by atoms with Crippen LogP contribution >= 0.6 is 46.1 Å². The first-order valence-electron chi connectivity index (χ1n) is 10.8. The normalized spacial score (nSPS) is 13.3. The zero-order valence-corrected chi connectivity index (χ0v) is 21.8. The Balaban J connectivity index is 1.28. The highest BCUT2D eigenvalue weighted by Crippen LogP contribution is 2.37. The number of hydrogen-bond acceptors (Lipinski definition) is 6. The van der Waals surface area contributed by atoms with Crippen molar-refractivity contribution in [2.24, 2.45) is 0 Å². The lowest BCUT2D eigenvalue weighted by atomic mass is 10.2. The van der Waals surface area contributed by atoms with Crippen LogP contribution < -0.4 is 15.5 Å². The third-order valence-corrected chi connectivity index (χ3v) is 7.33. The van der Waals surface area contributed by atoms with E-state index in [4.69, 9.17) is 34.8 Å². The van der Waals surface area contributed by atoms with E-state index in [0.717, 1.165) is 16.2 Å². The van der Waals surface area contributed by atoms with Gasteiger partial charge in [0.15, 0.2) is 5.13 Å². The van der Waals surface area contributed by atoms with Gasteiger partial charge in [0.1, 0.15) is 10.7 Å². The molecule has 0 saturated heterocycles. The minimum Gasteiger partial charge on any atom is -0.350 e. The van der Waals surface area contributed by atoms with Crippen LogP contribution in [-0.4, -0.2) is 22.7 Å². The van der Waals surface area contributed by atoms with Crippen LogP contribution in [0.4, 0.5) is 16.5 Å². The van der Waals surface area contributed by atoms with E-state index in [-0.39, 0.29) is 32.4 Å². The summed E-state index contributed by atoms with van der Waals surface area (Å²) in [4.78, 5) is 43.7. The molecule has 7 nitrogen and oxygen atoms in total. The molecule has 3 amide bonds. The van der Waals surface area contributed by atoms with Crippen LogP contribution in [0.2, 0.25) is 10.0 Å². The molecule has 1 aromatic heterocycles. The van der Waals surface area contributed by atoms with Crippen molar-refractivity contribution in [3.8, 4) is 11.3 Å². The largest absolute Gasteiger partial charge is 0.350 e. The Labute approximate surface area is 230 Å². The molecule has 0 fully saturated rings. The quantitative estimate of drug-likeness (QED) is 0.249. The van der Waals surface area contributed by atoms with Crippen molar-refractivity contribution in [3.05, 3.63) is 105 Å². The number of anilines is 3. The molecule has 37 heavy (non-hydrogen) atoms. The number of thiazole rings is 1. The molecule has 5 rings (SSSR count). The molecule has 1 aliphatic heterocycles. The van der Waals surface area contributed by atoms with Crippen molar-refractivity contribution < 1.29 is 14.4 Å². The second-order valence-electron chi connectivity index (χ2n) is 7.77. The van der Waals surface area contributed by atoms with Crippen LogP contribution in [0, 0.1) is 0 Å². The number of rotatable bonds is 6. The summed E-state index contributed by atoms with van der Waals surface area (Å²) >= 11 is 19.7. The second kappa shape index (κ2) is 10.4. The Kier molecular flexibility index (Phi) is 6.99. The minimum atomic E-state index is -0.729. The Morgan fingerprint density at radius 2 is 1.59 bits per heavy atom. The van der Waals surface area contributed by atoms with Gasteiger partial charge in [-0.15, -0.1) is 11.3 Å². The molecule has 0 bridgehead atoms. The van der Waals surface area contributed by atoms with E-state index in [1.807, 2.05) is 35.7 Å². The maximum Gasteiger partial charge on any atom is 0.283 e. The number of halogens is 3. The van der Waals surface area contributed by atoms with Crippen molar-refractivity contribution in [1.82, 2.24) is 4.98 Å². The summed E-state index contributed by atoms with van der Waals surface area (Å²) in [5.74, 6) is -1.75. The fraction of sp³-hybridized carbons (Fsp3) is 0. The zero-order valence-electron chi connectivity index (χ0n) is 18.7. The first-order valence-corrected chi connectivity index (χ1v) is 12.8. The zero-order chi connectivity index (χ0) is 26.1. The summed E-state index contributed by atoms with van der Waals surface area (Å²) in [5, 5.41) is 7.95. The summed E-state index contributed by atoms with van der Waals surface area (Å²) in [6.07, 6.45) is 0. The summed E-state index contributed by atoms with van der Waals surface area (Å²) in [5.41, 5.74) is 2.57. The smallest absolute Gasteiger partial charge is 0.283 e. The molecule has 184 valence electrons. The van der Waals surface area contributed by atoms with Crippen LogP contribution in [0.1, 0.15) is 10.4 Å². The lowest BCUT2D eigenvalue weighted by molar-refractivity contribution is -0.120. The van der Waals surface area contributed by atoms with Crippen LogP contribution in [0.5, 0.6) is 0 Å². The van der Waals surface area contributed by atoms with Crippen molar-refractivity contribution in [1.29, 1.82) is 0 Å². The Bertz CT molecular complexity index is 1570. The lowest BCUT2D eigenvalue weighted by Crippen LogP contribution is -2.32. The fourth-order valence-corrected chi connectivity index (χ4v) is 4.89. The molecule has 0 saturated carbocycles. The molecular weight excluding hydrogens is 555 g/mol. The molecular formula is C26H15Cl3N4O3S. The van der Waals surface area contributed by atoms with Gasteiger partial charge in [0.2, 0.25) is 0 Å². The van der Waals surface area contributed by atoms with Crippen molar-refractivity contribution >= 4 is 80.4 Å². The average Bonchev–Trinajstić information content (AvgIpc) is 3.45. The summed E-state index contributed by atoms with van der Waals surface area (Å²) in [7, 11) is 0. The number of carbonyl (C=O) groups is 3. The first kappa shape index (κ1) is 25.0. The number of nitrogens with one attached hydrogen (secondary N) is 2. The molecule has 4 aromatic rings. The van der Waals surface area contributed by atoms with Gasteiger partial charge in [-0.25, -0.2) is 9.88 Å². The highest BCUT2D eigenvalue weighted by atomic mass is 35.5. The fourth-order valence-electron chi connectivity index (χ4n) is 3.59. The summed E-state index contributed by atoms with van der Waals surface area (Å²) in [6.45, 7) is 0. The standard InChI is InChI=1S/C26H15Cl3N4O3S/c27-17-7-4-8-19(20(17)28)33-24(35)21(29)22(25(33)36)30-16-11-9-15(10-12-16)23(34)32-26-31-18(13-37-26)14-5-2-1-3-6-14/h1-13,30H,(H,31,32,34). The second-order valence-corrected chi connectivity index (χ2v) is 9.79. The Morgan fingerprint density at radius 3 is 2.32 bits per heavy atom. The molecule has 0 spiro atoms. The van der Waals surface area contributed by atoms with Gasteiger partial charge >= 0.3 is 0 Å². The molecule has 0 aliphatic carbocycles. The van der Waals surface area contributed by atoms with Gasteiger partial charge in [0, 0.05) is 22.2 Å². The van der Waals surface area contributed by atoms with E-state index in [0.29, 0.717) is 16.4 Å². The van der Waals surface area contributed by atoms with E-state index >= 15 is 0 Å². The monoisotopic (exact) mass is 568 g/mol. The van der Waals surface area contributed by atoms with Gasteiger partial charge < -0.3 is 5.32 Å². The van der Waals surface area contributed by atoms with E-state index < -0.39 is 11.8 Å². The maximum atomic E-state index is 13.0. The number of aromatic nitrogens is 1. The number of nitrogens with zero attached hydrogens (tertiary/aromatic N) is 2. The highest BCUT2D eigenvalue weighted by molar-refractivity contribution is 7.14.